The zero-order chi connectivity index (χ0) is 11.3. The topological polar surface area (TPSA) is 21.3 Å². The molecule has 0 spiro atoms. The highest BCUT2D eigenvalue weighted by Gasteiger charge is 2.27. The molecule has 1 atom stereocenters. The molecule has 1 aliphatic carbocycles. The van der Waals surface area contributed by atoms with Crippen molar-refractivity contribution in [3.8, 4) is 0 Å². The van der Waals surface area contributed by atoms with Crippen molar-refractivity contribution in [2.45, 2.75) is 65.6 Å². The summed E-state index contributed by atoms with van der Waals surface area (Å²) in [5.74, 6) is 0. The van der Waals surface area contributed by atoms with Gasteiger partial charge in [0.15, 0.2) is 0 Å². The van der Waals surface area contributed by atoms with Crippen LogP contribution in [-0.4, -0.2) is 25.3 Å². The van der Waals surface area contributed by atoms with Crippen LogP contribution >= 0.6 is 0 Å². The van der Waals surface area contributed by atoms with Crippen LogP contribution in [0, 0.1) is 5.41 Å². The van der Waals surface area contributed by atoms with Crippen LogP contribution in [-0.2, 0) is 4.74 Å². The minimum atomic E-state index is 0.358. The third kappa shape index (κ3) is 4.98. The number of rotatable bonds is 5. The molecule has 0 heterocycles. The van der Waals surface area contributed by atoms with E-state index >= 15 is 0 Å². The van der Waals surface area contributed by atoms with Crippen molar-refractivity contribution in [1.29, 1.82) is 0 Å². The highest BCUT2D eigenvalue weighted by Crippen LogP contribution is 2.36. The average Bonchev–Trinajstić information content (AvgIpc) is 2.18. The van der Waals surface area contributed by atoms with Crippen LogP contribution in [0.15, 0.2) is 0 Å². The van der Waals surface area contributed by atoms with E-state index in [9.17, 15) is 0 Å². The van der Waals surface area contributed by atoms with E-state index in [2.05, 4.69) is 33.0 Å². The zero-order valence-corrected chi connectivity index (χ0v) is 10.8. The predicted octanol–water partition coefficient (Wildman–Crippen LogP) is 2.97. The molecule has 1 fully saturated rings. The van der Waals surface area contributed by atoms with Gasteiger partial charge in [0.2, 0.25) is 0 Å². The zero-order valence-electron chi connectivity index (χ0n) is 10.8. The third-order valence-corrected chi connectivity index (χ3v) is 3.39. The molecule has 0 aromatic carbocycles. The van der Waals surface area contributed by atoms with E-state index < -0.39 is 0 Å². The van der Waals surface area contributed by atoms with Crippen molar-refractivity contribution in [2.24, 2.45) is 5.41 Å². The summed E-state index contributed by atoms with van der Waals surface area (Å²) in [5.41, 5.74) is 0.546. The first-order valence-corrected chi connectivity index (χ1v) is 6.39. The Balaban J connectivity index is 2.17. The van der Waals surface area contributed by atoms with Gasteiger partial charge >= 0.3 is 0 Å². The van der Waals surface area contributed by atoms with E-state index in [1.54, 1.807) is 0 Å². The van der Waals surface area contributed by atoms with E-state index in [-0.39, 0.29) is 0 Å². The lowest BCUT2D eigenvalue weighted by molar-refractivity contribution is -0.0362. The average molecular weight is 213 g/mol. The molecule has 1 saturated carbocycles. The second kappa shape index (κ2) is 5.86. The van der Waals surface area contributed by atoms with E-state index in [1.807, 2.05) is 0 Å². The fourth-order valence-corrected chi connectivity index (χ4v) is 2.23. The summed E-state index contributed by atoms with van der Waals surface area (Å²) in [6, 6.07) is 0. The van der Waals surface area contributed by atoms with Crippen molar-refractivity contribution in [3.63, 3.8) is 0 Å². The number of hydrogen-bond acceptors (Lipinski definition) is 2. The van der Waals surface area contributed by atoms with Crippen LogP contribution in [0.25, 0.3) is 0 Å². The first-order valence-electron chi connectivity index (χ1n) is 6.39. The lowest BCUT2D eigenvalue weighted by atomic mass is 9.76. The van der Waals surface area contributed by atoms with Crippen molar-refractivity contribution < 1.29 is 4.74 Å². The molecule has 90 valence electrons. The molecule has 0 radical (unpaired) electrons. The quantitative estimate of drug-likeness (QED) is 0.758. The van der Waals surface area contributed by atoms with Gasteiger partial charge in [-0.1, -0.05) is 20.8 Å². The highest BCUT2D eigenvalue weighted by atomic mass is 16.5. The fourth-order valence-electron chi connectivity index (χ4n) is 2.23. The minimum Gasteiger partial charge on any atom is -0.374 e. The van der Waals surface area contributed by atoms with Gasteiger partial charge in [0, 0.05) is 6.54 Å². The second-order valence-corrected chi connectivity index (χ2v) is 5.62. The van der Waals surface area contributed by atoms with E-state index in [0.29, 0.717) is 17.6 Å². The Morgan fingerprint density at radius 2 is 1.93 bits per heavy atom. The van der Waals surface area contributed by atoms with Gasteiger partial charge in [0.05, 0.1) is 12.2 Å². The molecule has 1 aliphatic rings. The Morgan fingerprint density at radius 1 is 1.33 bits per heavy atom. The maximum Gasteiger partial charge on any atom is 0.0675 e. The summed E-state index contributed by atoms with van der Waals surface area (Å²) < 4.78 is 6.02. The van der Waals surface area contributed by atoms with Crippen LogP contribution in [0.2, 0.25) is 0 Å². The molecule has 0 bridgehead atoms. The molecule has 2 heteroatoms. The summed E-state index contributed by atoms with van der Waals surface area (Å²) in [6.07, 6.45) is 5.97. The van der Waals surface area contributed by atoms with Gasteiger partial charge in [-0.3, -0.25) is 0 Å². The van der Waals surface area contributed by atoms with E-state index in [0.717, 1.165) is 13.1 Å². The molecule has 0 amide bonds. The van der Waals surface area contributed by atoms with Gasteiger partial charge in [-0.25, -0.2) is 0 Å². The minimum absolute atomic E-state index is 0.358. The molecular weight excluding hydrogens is 186 g/mol. The standard InChI is InChI=1S/C13H27NO/c1-5-14-10-11(2)15-12-6-8-13(3,4)9-7-12/h11-12,14H,5-10H2,1-4H3. The molecule has 15 heavy (non-hydrogen) atoms. The largest absolute Gasteiger partial charge is 0.374 e. The van der Waals surface area contributed by atoms with Crippen LogP contribution in [0.1, 0.15) is 53.4 Å². The summed E-state index contributed by atoms with van der Waals surface area (Å²) in [4.78, 5) is 0. The van der Waals surface area contributed by atoms with Crippen molar-refractivity contribution >= 4 is 0 Å². The second-order valence-electron chi connectivity index (χ2n) is 5.62. The molecule has 0 saturated heterocycles. The first kappa shape index (κ1) is 13.0. The van der Waals surface area contributed by atoms with Gasteiger partial charge in [0.1, 0.15) is 0 Å². The van der Waals surface area contributed by atoms with E-state index in [1.165, 1.54) is 25.7 Å². The van der Waals surface area contributed by atoms with Gasteiger partial charge in [-0.2, -0.15) is 0 Å². The monoisotopic (exact) mass is 213 g/mol. The summed E-state index contributed by atoms with van der Waals surface area (Å²) >= 11 is 0. The van der Waals surface area contributed by atoms with Gasteiger partial charge in [0.25, 0.3) is 0 Å². The summed E-state index contributed by atoms with van der Waals surface area (Å²) in [6.45, 7) is 11.1. The Morgan fingerprint density at radius 3 is 2.47 bits per heavy atom. The SMILES string of the molecule is CCNCC(C)OC1CCC(C)(C)CC1. The Kier molecular flexibility index (Phi) is 5.07. The Labute approximate surface area is 94.8 Å². The van der Waals surface area contributed by atoms with Crippen LogP contribution in [0.3, 0.4) is 0 Å². The van der Waals surface area contributed by atoms with Crippen molar-refractivity contribution in [2.75, 3.05) is 13.1 Å². The summed E-state index contributed by atoms with van der Waals surface area (Å²) in [5, 5.41) is 3.33. The van der Waals surface area contributed by atoms with Crippen LogP contribution in [0.5, 0.6) is 0 Å². The third-order valence-electron chi connectivity index (χ3n) is 3.39. The van der Waals surface area contributed by atoms with E-state index in [4.69, 9.17) is 4.74 Å². The molecular formula is C13H27NO. The van der Waals surface area contributed by atoms with Gasteiger partial charge < -0.3 is 10.1 Å². The molecule has 1 unspecified atom stereocenters. The van der Waals surface area contributed by atoms with Crippen molar-refractivity contribution in [1.82, 2.24) is 5.32 Å². The number of nitrogens with one attached hydrogen (secondary N) is 1. The fraction of sp³-hybridized carbons (Fsp3) is 1.00. The molecule has 0 aromatic rings. The highest BCUT2D eigenvalue weighted by molar-refractivity contribution is 4.79. The molecule has 0 aliphatic heterocycles. The molecule has 1 rings (SSSR count). The smallest absolute Gasteiger partial charge is 0.0675 e. The van der Waals surface area contributed by atoms with Crippen LogP contribution in [0.4, 0.5) is 0 Å². The summed E-state index contributed by atoms with van der Waals surface area (Å²) in [7, 11) is 0. The lowest BCUT2D eigenvalue weighted by Crippen LogP contribution is -2.33. The first-order chi connectivity index (χ1) is 7.03. The number of hydrogen-bond donors (Lipinski definition) is 1. The lowest BCUT2D eigenvalue weighted by Gasteiger charge is -2.35. The normalized spacial score (nSPS) is 24.0. The van der Waals surface area contributed by atoms with Gasteiger partial charge in [-0.15, -0.1) is 0 Å². The van der Waals surface area contributed by atoms with Crippen LogP contribution < -0.4 is 5.32 Å². The maximum absolute atomic E-state index is 6.02. The van der Waals surface area contributed by atoms with Crippen molar-refractivity contribution in [3.05, 3.63) is 0 Å². The molecule has 0 aromatic heterocycles. The predicted molar refractivity (Wildman–Crippen MR) is 65.1 cm³/mol. The Hall–Kier alpha value is -0.0800. The molecule has 1 N–H and O–H groups in total. The maximum atomic E-state index is 6.02. The number of likely N-dealkylation sites (N-methyl/N-ethyl adjacent to an activating group) is 1. The molecule has 2 nitrogen and oxygen atoms in total. The number of ether oxygens (including phenoxy) is 1. The van der Waals surface area contributed by atoms with Gasteiger partial charge in [-0.05, 0) is 44.6 Å². The Bertz CT molecular complexity index is 169.